The van der Waals surface area contributed by atoms with Crippen LogP contribution in [0.1, 0.15) is 29.6 Å². The molecule has 1 aliphatic carbocycles. The van der Waals surface area contributed by atoms with Crippen LogP contribution in [-0.2, 0) is 12.0 Å². The lowest BCUT2D eigenvalue weighted by Gasteiger charge is -2.24. The van der Waals surface area contributed by atoms with Crippen molar-refractivity contribution in [2.75, 3.05) is 5.32 Å². The summed E-state index contributed by atoms with van der Waals surface area (Å²) in [7, 11) is 0. The third kappa shape index (κ3) is 4.26. The van der Waals surface area contributed by atoms with Crippen LogP contribution < -0.4 is 5.32 Å². The van der Waals surface area contributed by atoms with Crippen LogP contribution in [0, 0.1) is 12.8 Å². The second kappa shape index (κ2) is 7.62. The van der Waals surface area contributed by atoms with Gasteiger partial charge in [-0.25, -0.2) is 9.37 Å². The Kier molecular flexibility index (Phi) is 5.30. The minimum Gasteiger partial charge on any atom is -0.313 e. The monoisotopic (exact) mass is 450 g/mol. The number of halogens is 2. The van der Waals surface area contributed by atoms with Gasteiger partial charge in [0.05, 0.1) is 12.0 Å². The molecule has 1 aliphatic rings. The summed E-state index contributed by atoms with van der Waals surface area (Å²) < 4.78 is 16.0. The number of hydrogen-bond donors (Lipinski definition) is 1. The fourth-order valence-electron chi connectivity index (χ4n) is 2.92. The number of nitrogens with zero attached hydrogens (tertiary/aromatic N) is 5. The summed E-state index contributed by atoms with van der Waals surface area (Å²) in [5, 5.41) is 18.9. The highest BCUT2D eigenvalue weighted by Crippen LogP contribution is 2.37. The molecule has 2 atom stereocenters. The summed E-state index contributed by atoms with van der Waals surface area (Å²) >= 11 is 9.03. The molecular weight excluding hydrogens is 431 g/mol. The summed E-state index contributed by atoms with van der Waals surface area (Å²) in [4.78, 5) is 4.59. The van der Waals surface area contributed by atoms with Gasteiger partial charge in [-0.1, -0.05) is 41.2 Å². The Balaban J connectivity index is 1.45. The Morgan fingerprint density at radius 1 is 1.31 bits per heavy atom. The molecule has 152 valence electrons. The predicted molar refractivity (Wildman–Crippen MR) is 116 cm³/mol. The molecule has 1 N–H and O–H groups in total. The first-order chi connectivity index (χ1) is 13.7. The zero-order chi connectivity index (χ0) is 20.6. The van der Waals surface area contributed by atoms with Crippen LogP contribution in [0.25, 0.3) is 0 Å². The number of hydrogen-bond acceptors (Lipinski definition) is 7. The Hall–Kier alpha value is -2.10. The van der Waals surface area contributed by atoms with E-state index in [0.29, 0.717) is 17.5 Å². The zero-order valence-electron chi connectivity index (χ0n) is 16.1. The molecule has 0 aliphatic heterocycles. The minimum atomic E-state index is -1.90. The van der Waals surface area contributed by atoms with Gasteiger partial charge in [0.25, 0.3) is 0 Å². The Morgan fingerprint density at radius 3 is 2.86 bits per heavy atom. The maximum Gasteiger partial charge on any atom is 0.211 e. The van der Waals surface area contributed by atoms with E-state index in [4.69, 9.17) is 11.6 Å². The van der Waals surface area contributed by atoms with Gasteiger partial charge in [0.1, 0.15) is 10.0 Å². The molecule has 3 heterocycles. The summed E-state index contributed by atoms with van der Waals surface area (Å²) in [6.07, 6.45) is 8.30. The van der Waals surface area contributed by atoms with Gasteiger partial charge in [0.2, 0.25) is 10.3 Å². The van der Waals surface area contributed by atoms with E-state index in [2.05, 4.69) is 39.4 Å². The maximum absolute atomic E-state index is 14.4. The van der Waals surface area contributed by atoms with Gasteiger partial charge in [-0.05, 0) is 26.8 Å². The average Bonchev–Trinajstić information content (AvgIpc) is 3.39. The third-order valence-corrected chi connectivity index (χ3v) is 7.49. The number of allylic oxidation sites excluding steroid dienone is 4. The Morgan fingerprint density at radius 2 is 2.14 bits per heavy atom. The van der Waals surface area contributed by atoms with E-state index in [9.17, 15) is 4.39 Å². The van der Waals surface area contributed by atoms with Crippen molar-refractivity contribution in [1.29, 1.82) is 0 Å². The van der Waals surface area contributed by atoms with E-state index < -0.39 is 11.0 Å². The van der Waals surface area contributed by atoms with Gasteiger partial charge in [-0.2, -0.15) is 5.10 Å². The molecule has 6 nitrogen and oxygen atoms in total. The largest absolute Gasteiger partial charge is 0.313 e. The first kappa shape index (κ1) is 20.2. The van der Waals surface area contributed by atoms with Gasteiger partial charge in [-0.3, -0.25) is 4.68 Å². The molecule has 4 rings (SSSR count). The van der Waals surface area contributed by atoms with Crippen molar-refractivity contribution in [2.24, 2.45) is 5.92 Å². The standard InChI is InChI=1S/C19H20ClFN6S2/c1-12-11-28-15(22-12)18(2,3)16-24-25-17(29-16)23-14-7-9-27(26-14)10-13-6-4-5-8-19(13,20)21/h4-9,11,13H,10H2,1-3H3,(H,23,25,26). The molecule has 10 heteroatoms. The molecule has 0 bridgehead atoms. The van der Waals surface area contributed by atoms with Crippen molar-refractivity contribution in [2.45, 2.75) is 37.9 Å². The van der Waals surface area contributed by atoms with Crippen molar-refractivity contribution >= 4 is 45.2 Å². The highest BCUT2D eigenvalue weighted by molar-refractivity contribution is 7.15. The highest BCUT2D eigenvalue weighted by atomic mass is 35.5. The lowest BCUT2D eigenvalue weighted by atomic mass is 9.96. The number of anilines is 2. The summed E-state index contributed by atoms with van der Waals surface area (Å²) in [6, 6.07) is 1.81. The molecule has 0 saturated carbocycles. The van der Waals surface area contributed by atoms with Crippen molar-refractivity contribution in [3.63, 3.8) is 0 Å². The number of aryl methyl sites for hydroxylation is 1. The molecule has 0 amide bonds. The number of nitrogens with one attached hydrogen (secondary N) is 1. The van der Waals surface area contributed by atoms with Crippen LogP contribution in [0.2, 0.25) is 0 Å². The van der Waals surface area contributed by atoms with E-state index in [-0.39, 0.29) is 5.41 Å². The van der Waals surface area contributed by atoms with E-state index in [0.717, 1.165) is 15.7 Å². The number of aromatic nitrogens is 5. The fraction of sp³-hybridized carbons (Fsp3) is 0.368. The highest BCUT2D eigenvalue weighted by Gasteiger charge is 2.34. The van der Waals surface area contributed by atoms with E-state index in [1.165, 1.54) is 17.4 Å². The van der Waals surface area contributed by atoms with Crippen LogP contribution in [0.3, 0.4) is 0 Å². The molecule has 2 unspecified atom stereocenters. The van der Waals surface area contributed by atoms with Crippen LogP contribution in [-0.4, -0.2) is 30.1 Å². The normalized spacial score (nSPS) is 21.6. The van der Waals surface area contributed by atoms with Crippen LogP contribution in [0.4, 0.5) is 15.3 Å². The van der Waals surface area contributed by atoms with Crippen molar-refractivity contribution in [3.05, 3.63) is 57.7 Å². The van der Waals surface area contributed by atoms with Crippen molar-refractivity contribution in [3.8, 4) is 0 Å². The van der Waals surface area contributed by atoms with Gasteiger partial charge in [-0.15, -0.1) is 21.5 Å². The summed E-state index contributed by atoms with van der Waals surface area (Å²) in [5.74, 6) is 0.127. The molecule has 0 fully saturated rings. The molecular formula is C19H20ClFN6S2. The third-order valence-electron chi connectivity index (χ3n) is 4.64. The number of alkyl halides is 2. The summed E-state index contributed by atoms with van der Waals surface area (Å²) in [6.45, 7) is 6.49. The lowest BCUT2D eigenvalue weighted by Crippen LogP contribution is -2.28. The topological polar surface area (TPSA) is 68.5 Å². The molecule has 0 spiro atoms. The van der Waals surface area contributed by atoms with E-state index >= 15 is 0 Å². The van der Waals surface area contributed by atoms with Crippen molar-refractivity contribution < 1.29 is 4.39 Å². The molecule has 0 saturated heterocycles. The fourth-order valence-corrected chi connectivity index (χ4v) is 4.97. The number of rotatable bonds is 6. The number of thiazole rings is 1. The molecule has 3 aromatic rings. The molecule has 0 aromatic carbocycles. The maximum atomic E-state index is 14.4. The lowest BCUT2D eigenvalue weighted by molar-refractivity contribution is 0.242. The smallest absolute Gasteiger partial charge is 0.211 e. The summed E-state index contributed by atoms with van der Waals surface area (Å²) in [5.41, 5.74) is 0.686. The second-order valence-electron chi connectivity index (χ2n) is 7.40. The van der Waals surface area contributed by atoms with Crippen LogP contribution in [0.15, 0.2) is 41.9 Å². The minimum absolute atomic E-state index is 0.318. The van der Waals surface area contributed by atoms with Gasteiger partial charge < -0.3 is 5.32 Å². The second-order valence-corrected chi connectivity index (χ2v) is 9.82. The van der Waals surface area contributed by atoms with E-state index in [1.54, 1.807) is 40.4 Å². The molecule has 3 aromatic heterocycles. The first-order valence-electron chi connectivity index (χ1n) is 9.05. The Bertz CT molecular complexity index is 1060. The van der Waals surface area contributed by atoms with Crippen LogP contribution >= 0.6 is 34.3 Å². The van der Waals surface area contributed by atoms with E-state index in [1.807, 2.05) is 18.4 Å². The first-order valence-corrected chi connectivity index (χ1v) is 11.1. The molecule has 29 heavy (non-hydrogen) atoms. The molecule has 0 radical (unpaired) electrons. The Labute approximate surface area is 181 Å². The average molecular weight is 451 g/mol. The SMILES string of the molecule is Cc1csc(C(C)(C)c2nnc(Nc3ccn(CC4C=CC=CC4(F)Cl)n3)s2)n1. The van der Waals surface area contributed by atoms with Gasteiger partial charge in [0.15, 0.2) is 5.82 Å². The van der Waals surface area contributed by atoms with Gasteiger partial charge in [0, 0.05) is 29.3 Å². The predicted octanol–water partition coefficient (Wildman–Crippen LogP) is 5.22. The van der Waals surface area contributed by atoms with Crippen molar-refractivity contribution in [1.82, 2.24) is 25.0 Å². The van der Waals surface area contributed by atoms with Crippen LogP contribution in [0.5, 0.6) is 0 Å². The zero-order valence-corrected chi connectivity index (χ0v) is 18.5. The van der Waals surface area contributed by atoms with Gasteiger partial charge >= 0.3 is 0 Å². The quantitative estimate of drug-likeness (QED) is 0.521.